The summed E-state index contributed by atoms with van der Waals surface area (Å²) in [5.74, 6) is -1.34. The number of nitrogens with two attached hydrogens (primary N) is 2. The maximum Gasteiger partial charge on any atom is 0.345 e. The number of hydrogen-bond acceptors (Lipinski definition) is 6. The molecule has 2 saturated heterocycles. The highest BCUT2D eigenvalue weighted by molar-refractivity contribution is 6.02. The first-order valence-electron chi connectivity index (χ1n) is 6.55. The lowest BCUT2D eigenvalue weighted by Crippen LogP contribution is -2.51. The van der Waals surface area contributed by atoms with Crippen LogP contribution in [-0.2, 0) is 19.3 Å². The third-order valence-corrected chi connectivity index (χ3v) is 3.30. The molecular formula is C12H17N5O5. The number of rotatable bonds is 7. The minimum absolute atomic E-state index is 0.110. The van der Waals surface area contributed by atoms with Crippen LogP contribution in [0.3, 0.4) is 0 Å². The molecule has 2 heterocycles. The van der Waals surface area contributed by atoms with E-state index in [9.17, 15) is 14.4 Å². The summed E-state index contributed by atoms with van der Waals surface area (Å²) >= 11 is 0. The zero-order valence-corrected chi connectivity index (χ0v) is 11.8. The van der Waals surface area contributed by atoms with Crippen LogP contribution >= 0.6 is 0 Å². The number of piperidine rings is 1. The van der Waals surface area contributed by atoms with Crippen LogP contribution in [0.15, 0.2) is 17.8 Å². The quantitative estimate of drug-likeness (QED) is 0.427. The summed E-state index contributed by atoms with van der Waals surface area (Å²) in [6, 6.07) is -1.83. The van der Waals surface area contributed by atoms with Crippen molar-refractivity contribution in [1.82, 2.24) is 9.96 Å². The van der Waals surface area contributed by atoms with E-state index < -0.39 is 36.5 Å². The van der Waals surface area contributed by atoms with Gasteiger partial charge in [-0.2, -0.15) is 5.06 Å². The van der Waals surface area contributed by atoms with E-state index in [0.29, 0.717) is 5.71 Å². The van der Waals surface area contributed by atoms with Gasteiger partial charge in [0.15, 0.2) is 6.61 Å². The van der Waals surface area contributed by atoms with E-state index in [0.717, 1.165) is 5.06 Å². The molecule has 10 heteroatoms. The Hall–Kier alpha value is -2.62. The van der Waals surface area contributed by atoms with Crippen LogP contribution in [0.5, 0.6) is 0 Å². The maximum absolute atomic E-state index is 12.3. The van der Waals surface area contributed by atoms with E-state index in [-0.39, 0.29) is 19.6 Å². The van der Waals surface area contributed by atoms with Crippen molar-refractivity contribution in [3.05, 3.63) is 12.7 Å². The number of carbonyl (C=O) groups excluding carboxylic acids is 3. The lowest BCUT2D eigenvalue weighted by Gasteiger charge is -2.28. The largest absolute Gasteiger partial charge is 0.386 e. The molecule has 4 amide bonds. The number of amides is 4. The van der Waals surface area contributed by atoms with Gasteiger partial charge < -0.3 is 21.2 Å². The molecule has 2 bridgehead atoms. The van der Waals surface area contributed by atoms with Gasteiger partial charge in [-0.15, -0.1) is 6.58 Å². The molecule has 120 valence electrons. The second kappa shape index (κ2) is 6.43. The number of hydrogen-bond donors (Lipinski definition) is 2. The van der Waals surface area contributed by atoms with Crippen molar-refractivity contribution >= 4 is 23.6 Å². The second-order valence-corrected chi connectivity index (χ2v) is 4.81. The third-order valence-electron chi connectivity index (χ3n) is 3.30. The topological polar surface area (TPSA) is 141 Å². The Morgan fingerprint density at radius 3 is 2.77 bits per heavy atom. The molecule has 2 fully saturated rings. The zero-order chi connectivity index (χ0) is 16.3. The van der Waals surface area contributed by atoms with Crippen LogP contribution in [0.25, 0.3) is 0 Å². The summed E-state index contributed by atoms with van der Waals surface area (Å²) in [6.45, 7) is 3.42. The van der Waals surface area contributed by atoms with E-state index >= 15 is 0 Å². The summed E-state index contributed by atoms with van der Waals surface area (Å²) < 4.78 is 0. The van der Waals surface area contributed by atoms with Gasteiger partial charge in [0.25, 0.3) is 5.91 Å². The molecule has 2 rings (SSSR count). The maximum atomic E-state index is 12.3. The van der Waals surface area contributed by atoms with Crippen LogP contribution < -0.4 is 11.5 Å². The van der Waals surface area contributed by atoms with Gasteiger partial charge in [-0.05, 0) is 0 Å². The molecule has 0 aromatic rings. The SMILES string of the molecule is C=CCON1C(=O)N2C[C@H]1/C(=N\OCC(N)=O)C[C@H]2C(N)=O. The number of nitrogens with zero attached hydrogens (tertiary/aromatic N) is 3. The Bertz CT molecular complexity index is 534. The predicted octanol–water partition coefficient (Wildman–Crippen LogP) is -1.67. The Kier molecular flexibility index (Phi) is 4.61. The predicted molar refractivity (Wildman–Crippen MR) is 74.1 cm³/mol. The van der Waals surface area contributed by atoms with Crippen LogP contribution in [0.4, 0.5) is 4.79 Å². The number of primary amides is 2. The fourth-order valence-corrected chi connectivity index (χ4v) is 2.35. The Morgan fingerprint density at radius 2 is 2.18 bits per heavy atom. The van der Waals surface area contributed by atoms with Crippen molar-refractivity contribution < 1.29 is 24.1 Å². The molecule has 4 N–H and O–H groups in total. The van der Waals surface area contributed by atoms with Gasteiger partial charge in [0.2, 0.25) is 5.91 Å². The average molecular weight is 311 g/mol. The minimum atomic E-state index is -0.836. The van der Waals surface area contributed by atoms with E-state index in [1.165, 1.54) is 11.0 Å². The van der Waals surface area contributed by atoms with Crippen molar-refractivity contribution in [1.29, 1.82) is 0 Å². The molecule has 0 spiro atoms. The monoisotopic (exact) mass is 311 g/mol. The van der Waals surface area contributed by atoms with E-state index in [2.05, 4.69) is 11.7 Å². The molecule has 2 atom stereocenters. The van der Waals surface area contributed by atoms with E-state index in [1.54, 1.807) is 0 Å². The molecule has 0 unspecified atom stereocenters. The van der Waals surface area contributed by atoms with Gasteiger partial charge >= 0.3 is 6.03 Å². The molecule has 0 aliphatic carbocycles. The standard InChI is InChI=1S/C12H17N5O5/c1-2-3-22-17-9-5-16(12(17)20)8(11(14)19)4-7(9)15-21-6-10(13)18/h2,8-9H,1,3-6H2,(H2,13,18)(H2,14,19)/b15-7-/t8-,9-/m0/s1. The number of urea groups is 1. The molecule has 10 nitrogen and oxygen atoms in total. The molecule has 2 aliphatic rings. The summed E-state index contributed by atoms with van der Waals surface area (Å²) in [5, 5.41) is 4.92. The number of hydroxylamine groups is 2. The minimum Gasteiger partial charge on any atom is -0.386 e. The first kappa shape index (κ1) is 15.8. The summed E-state index contributed by atoms with van der Waals surface area (Å²) in [7, 11) is 0. The first-order chi connectivity index (χ1) is 10.5. The molecule has 0 saturated carbocycles. The van der Waals surface area contributed by atoms with Crippen molar-refractivity contribution in [3.8, 4) is 0 Å². The number of carbonyl (C=O) groups is 3. The molecule has 22 heavy (non-hydrogen) atoms. The van der Waals surface area contributed by atoms with Gasteiger partial charge in [-0.1, -0.05) is 11.2 Å². The van der Waals surface area contributed by atoms with Crippen molar-refractivity contribution in [2.45, 2.75) is 18.5 Å². The highest BCUT2D eigenvalue weighted by atomic mass is 16.7. The fraction of sp³-hybridized carbons (Fsp3) is 0.500. The number of fused-ring (bicyclic) bond motifs is 2. The fourth-order valence-electron chi connectivity index (χ4n) is 2.35. The third kappa shape index (κ3) is 3.01. The van der Waals surface area contributed by atoms with Gasteiger partial charge in [0.05, 0.1) is 18.9 Å². The van der Waals surface area contributed by atoms with Gasteiger partial charge in [0.1, 0.15) is 12.1 Å². The molecule has 0 aromatic heterocycles. The first-order valence-corrected chi connectivity index (χ1v) is 6.55. The van der Waals surface area contributed by atoms with Gasteiger partial charge in [-0.3, -0.25) is 14.4 Å². The number of oxime groups is 1. The molecule has 0 radical (unpaired) electrons. The van der Waals surface area contributed by atoms with E-state index in [4.69, 9.17) is 21.1 Å². The lowest BCUT2D eigenvalue weighted by molar-refractivity contribution is -0.123. The normalized spacial score (nSPS) is 25.5. The highest BCUT2D eigenvalue weighted by Gasteiger charge is 2.51. The van der Waals surface area contributed by atoms with Crippen molar-refractivity contribution in [2.75, 3.05) is 19.8 Å². The van der Waals surface area contributed by atoms with Gasteiger partial charge in [0, 0.05) is 6.42 Å². The average Bonchev–Trinajstić information content (AvgIpc) is 2.72. The highest BCUT2D eigenvalue weighted by Crippen LogP contribution is 2.28. The Labute approximate surface area is 126 Å². The van der Waals surface area contributed by atoms with Crippen molar-refractivity contribution in [3.63, 3.8) is 0 Å². The smallest absolute Gasteiger partial charge is 0.345 e. The van der Waals surface area contributed by atoms with Crippen LogP contribution in [0.2, 0.25) is 0 Å². The van der Waals surface area contributed by atoms with Crippen LogP contribution in [0.1, 0.15) is 6.42 Å². The zero-order valence-electron chi connectivity index (χ0n) is 11.8. The summed E-state index contributed by atoms with van der Waals surface area (Å²) in [5.41, 5.74) is 10.7. The van der Waals surface area contributed by atoms with Crippen LogP contribution in [0, 0.1) is 0 Å². The lowest BCUT2D eigenvalue weighted by atomic mass is 9.98. The summed E-state index contributed by atoms with van der Waals surface area (Å²) in [4.78, 5) is 45.9. The molecule has 2 aliphatic heterocycles. The van der Waals surface area contributed by atoms with Crippen LogP contribution in [-0.4, -0.2) is 65.4 Å². The summed E-state index contributed by atoms with van der Waals surface area (Å²) in [6.07, 6.45) is 1.59. The van der Waals surface area contributed by atoms with Crippen molar-refractivity contribution in [2.24, 2.45) is 16.6 Å². The Morgan fingerprint density at radius 1 is 1.45 bits per heavy atom. The van der Waals surface area contributed by atoms with Gasteiger partial charge in [-0.25, -0.2) is 4.79 Å². The molecular weight excluding hydrogens is 294 g/mol. The Balaban J connectivity index is 2.21. The van der Waals surface area contributed by atoms with E-state index in [1.807, 2.05) is 0 Å². The second-order valence-electron chi connectivity index (χ2n) is 4.81. The molecule has 0 aromatic carbocycles.